The third-order valence-corrected chi connectivity index (χ3v) is 8.22. The zero-order valence-electron chi connectivity index (χ0n) is 16.4. The Hall–Kier alpha value is -0.557. The summed E-state index contributed by atoms with van der Waals surface area (Å²) in [5.74, 6) is 0. The Labute approximate surface area is 181 Å². The van der Waals surface area contributed by atoms with Crippen LogP contribution in [0, 0.1) is 0 Å². The molecule has 1 heterocycles. The fraction of sp³-hybridized carbons (Fsp3) is 0.364. The van der Waals surface area contributed by atoms with Crippen LogP contribution in [-0.4, -0.2) is 4.98 Å². The van der Waals surface area contributed by atoms with Crippen LogP contribution in [0.25, 0.3) is 9.36 Å². The van der Waals surface area contributed by atoms with Gasteiger partial charge < -0.3 is 24.8 Å². The van der Waals surface area contributed by atoms with Crippen molar-refractivity contribution in [1.29, 1.82) is 0 Å². The largest absolute Gasteiger partial charge is 1.00 e. The molecule has 0 aliphatic heterocycles. The van der Waals surface area contributed by atoms with Crippen molar-refractivity contribution < 1.29 is 48.0 Å². The number of rotatable bonds is 2. The van der Waals surface area contributed by atoms with E-state index in [1.54, 1.807) is 0 Å². The third kappa shape index (κ3) is 4.46. The molecule has 0 radical (unpaired) electrons. The van der Waals surface area contributed by atoms with Gasteiger partial charge in [-0.25, -0.2) is 0 Å². The molecule has 1 aromatic heterocycles. The van der Waals surface area contributed by atoms with Gasteiger partial charge in [-0.3, -0.25) is 0 Å². The molecule has 0 atom stereocenters. The molecular weight excluding hydrogens is 440 g/mol. The molecule has 0 unspecified atom stereocenters. The van der Waals surface area contributed by atoms with E-state index in [9.17, 15) is 0 Å². The maximum absolute atomic E-state index is 4.33. The van der Waals surface area contributed by atoms with E-state index in [2.05, 4.69) is 89.6 Å². The first-order valence-corrected chi connectivity index (χ1v) is 11.0. The van der Waals surface area contributed by atoms with E-state index in [1.807, 2.05) is 0 Å². The summed E-state index contributed by atoms with van der Waals surface area (Å²) in [5, 5.41) is 2.74. The average Bonchev–Trinajstić information content (AvgIpc) is 3.01. The molecule has 1 nitrogen and oxygen atoms in total. The maximum Gasteiger partial charge on any atom is -1.00 e. The van der Waals surface area contributed by atoms with Crippen LogP contribution < -0.4 is 38.7 Å². The van der Waals surface area contributed by atoms with E-state index in [4.69, 9.17) is 0 Å². The standard InChI is InChI=1S/C12H20N.C10H7.2ClH.Zr/c1-11(2,3)9-7-13-8-10(9)12(4,5)6;1-8-6-9-4-2-3-5-10(9)7-8;;;/h7,13H,1-6H3;2-6H,1H2;2*1H;/q;;;;+2/p-2. The van der Waals surface area contributed by atoms with Crippen LogP contribution in [0.1, 0.15) is 52.7 Å². The number of aromatic amines is 1. The molecule has 138 valence electrons. The average molecular weight is 468 g/mol. The van der Waals surface area contributed by atoms with Crippen molar-refractivity contribution in [3.05, 3.63) is 64.2 Å². The summed E-state index contributed by atoms with van der Waals surface area (Å²) in [6.07, 6.45) is 4.50. The van der Waals surface area contributed by atoms with Crippen molar-refractivity contribution in [3.8, 4) is 0 Å². The predicted octanol–water partition coefficient (Wildman–Crippen LogP) is -2.52. The molecule has 2 aromatic rings. The van der Waals surface area contributed by atoms with Crippen molar-refractivity contribution in [2.24, 2.45) is 0 Å². The first kappa shape index (κ1) is 23.5. The zero-order chi connectivity index (χ0) is 17.7. The predicted molar refractivity (Wildman–Crippen MR) is 101 cm³/mol. The van der Waals surface area contributed by atoms with Gasteiger partial charge in [-0.1, -0.05) is 0 Å². The van der Waals surface area contributed by atoms with Crippen molar-refractivity contribution >= 4 is 12.8 Å². The number of nitrogens with one attached hydrogen (secondary N) is 1. The first-order chi connectivity index (χ1) is 11.1. The van der Waals surface area contributed by atoms with Crippen molar-refractivity contribution in [3.63, 3.8) is 0 Å². The van der Waals surface area contributed by atoms with Gasteiger partial charge in [-0.2, -0.15) is 0 Å². The van der Waals surface area contributed by atoms with Crippen LogP contribution in [0.4, 0.5) is 0 Å². The summed E-state index contributed by atoms with van der Waals surface area (Å²) in [6.45, 7) is 18.3. The summed E-state index contributed by atoms with van der Waals surface area (Å²) >= 11 is -0.947. The van der Waals surface area contributed by atoms with E-state index in [0.717, 1.165) is 0 Å². The van der Waals surface area contributed by atoms with Gasteiger partial charge in [0.2, 0.25) is 0 Å². The fourth-order valence-electron chi connectivity index (χ4n) is 3.45. The molecule has 1 aliphatic rings. The van der Waals surface area contributed by atoms with Crippen LogP contribution in [-0.2, 0) is 34.1 Å². The molecule has 0 saturated carbocycles. The number of allylic oxidation sites excluding steroid dienone is 1. The zero-order valence-corrected chi connectivity index (χ0v) is 20.4. The number of fused-ring (bicyclic) bond motifs is 1. The second-order valence-corrected chi connectivity index (χ2v) is 11.8. The Balaban J connectivity index is 0.00000169. The number of hydrogen-bond acceptors (Lipinski definition) is 0. The number of halogens is 2. The van der Waals surface area contributed by atoms with Crippen molar-refractivity contribution in [1.82, 2.24) is 4.98 Å². The fourth-order valence-corrected chi connectivity index (χ4v) is 7.44. The topological polar surface area (TPSA) is 15.8 Å². The summed E-state index contributed by atoms with van der Waals surface area (Å²) in [5.41, 5.74) is 4.54. The minimum atomic E-state index is -0.947. The summed E-state index contributed by atoms with van der Waals surface area (Å²) in [4.78, 5) is 3.67. The molecule has 1 aromatic carbocycles. The van der Waals surface area contributed by atoms with E-state index < -0.39 is 23.2 Å². The van der Waals surface area contributed by atoms with Crippen LogP contribution in [0.3, 0.4) is 0 Å². The molecule has 0 bridgehead atoms. The summed E-state index contributed by atoms with van der Waals surface area (Å²) < 4.78 is 3.01. The summed E-state index contributed by atoms with van der Waals surface area (Å²) in [6, 6.07) is 8.71. The van der Waals surface area contributed by atoms with Gasteiger partial charge in [0.05, 0.1) is 0 Å². The van der Waals surface area contributed by atoms with Gasteiger partial charge >= 0.3 is 158 Å². The molecule has 0 saturated heterocycles. The smallest absolute Gasteiger partial charge is 1.00 e. The van der Waals surface area contributed by atoms with E-state index in [0.29, 0.717) is 0 Å². The Kier molecular flexibility index (Phi) is 7.42. The van der Waals surface area contributed by atoms with Crippen LogP contribution in [0.15, 0.2) is 42.6 Å². The number of hydrogen-bond donors (Lipinski definition) is 1. The third-order valence-electron chi connectivity index (χ3n) is 4.57. The van der Waals surface area contributed by atoms with Gasteiger partial charge in [-0.05, 0) is 0 Å². The van der Waals surface area contributed by atoms with Crippen molar-refractivity contribution in [2.45, 2.75) is 52.4 Å². The molecule has 0 amide bonds. The number of H-pyrrole nitrogens is 1. The second-order valence-electron chi connectivity index (χ2n) is 8.71. The van der Waals surface area contributed by atoms with Gasteiger partial charge in [0.15, 0.2) is 0 Å². The molecule has 4 heteroatoms. The molecule has 26 heavy (non-hydrogen) atoms. The van der Waals surface area contributed by atoms with Crippen LogP contribution in [0.5, 0.6) is 0 Å². The quantitative estimate of drug-likeness (QED) is 0.502. The van der Waals surface area contributed by atoms with E-state index in [1.165, 1.54) is 33.8 Å². The van der Waals surface area contributed by atoms with Gasteiger partial charge in [0.25, 0.3) is 0 Å². The maximum atomic E-state index is 4.33. The van der Waals surface area contributed by atoms with Gasteiger partial charge in [-0.15, -0.1) is 0 Å². The molecule has 1 aliphatic carbocycles. The monoisotopic (exact) mass is 465 g/mol. The molecule has 3 rings (SSSR count). The first-order valence-electron chi connectivity index (χ1n) is 8.59. The van der Waals surface area contributed by atoms with Crippen molar-refractivity contribution in [2.75, 3.05) is 0 Å². The SMILES string of the molecule is C=C1C=c2ccccc2=[C]1[Zr+2][c]1[nH]cc(C(C)(C)C)c1C(C)(C)C.[Cl-].[Cl-]. The normalized spacial score (nSPS) is 13.3. The summed E-state index contributed by atoms with van der Waals surface area (Å²) in [7, 11) is 0. The van der Waals surface area contributed by atoms with Crippen LogP contribution in [0.2, 0.25) is 0 Å². The molecule has 1 N–H and O–H groups in total. The van der Waals surface area contributed by atoms with Gasteiger partial charge in [0.1, 0.15) is 0 Å². The Bertz CT molecular complexity index is 924. The minimum absolute atomic E-state index is 0. The molecule has 0 fully saturated rings. The number of aromatic nitrogens is 1. The minimum Gasteiger partial charge on any atom is -1.00 e. The Morgan fingerprint density at radius 2 is 1.54 bits per heavy atom. The van der Waals surface area contributed by atoms with E-state index in [-0.39, 0.29) is 35.6 Å². The Morgan fingerprint density at radius 1 is 0.923 bits per heavy atom. The number of benzene rings is 1. The Morgan fingerprint density at radius 3 is 2.12 bits per heavy atom. The molecule has 0 spiro atoms. The second kappa shape index (κ2) is 8.21. The van der Waals surface area contributed by atoms with E-state index >= 15 is 0 Å². The van der Waals surface area contributed by atoms with Gasteiger partial charge in [0, 0.05) is 0 Å². The molecular formula is C22H27Cl2NZr. The van der Waals surface area contributed by atoms with Crippen LogP contribution >= 0.6 is 0 Å².